The predicted molar refractivity (Wildman–Crippen MR) is 127 cm³/mol. The zero-order chi connectivity index (χ0) is 23.1. The van der Waals surface area contributed by atoms with E-state index in [4.69, 9.17) is 0 Å². The molecule has 0 unspecified atom stereocenters. The van der Waals surface area contributed by atoms with Crippen molar-refractivity contribution in [1.29, 1.82) is 0 Å². The molecular formula is C25H28N6O2. The maximum absolute atomic E-state index is 12.8. The fourth-order valence-corrected chi connectivity index (χ4v) is 4.60. The van der Waals surface area contributed by atoms with E-state index in [2.05, 4.69) is 15.1 Å². The van der Waals surface area contributed by atoms with E-state index in [0.29, 0.717) is 37.2 Å². The molecule has 2 aromatic carbocycles. The third-order valence-corrected chi connectivity index (χ3v) is 6.63. The first kappa shape index (κ1) is 21.3. The molecule has 1 saturated heterocycles. The molecule has 0 saturated carbocycles. The Morgan fingerprint density at radius 3 is 2.52 bits per heavy atom. The van der Waals surface area contributed by atoms with Gasteiger partial charge in [0.2, 0.25) is 11.7 Å². The first-order chi connectivity index (χ1) is 15.9. The van der Waals surface area contributed by atoms with Gasteiger partial charge in [0.05, 0.1) is 23.9 Å². The highest BCUT2D eigenvalue weighted by Gasteiger charge is 2.23. The first-order valence-corrected chi connectivity index (χ1v) is 11.3. The van der Waals surface area contributed by atoms with Gasteiger partial charge >= 0.3 is 0 Å². The number of piperazine rings is 1. The number of rotatable bonds is 4. The highest BCUT2D eigenvalue weighted by Crippen LogP contribution is 2.18. The highest BCUT2D eigenvalue weighted by molar-refractivity contribution is 5.81. The summed E-state index contributed by atoms with van der Waals surface area (Å²) in [6.07, 6.45) is 0.445. The van der Waals surface area contributed by atoms with Gasteiger partial charge in [-0.25, -0.2) is 0 Å². The Hall–Kier alpha value is -3.52. The summed E-state index contributed by atoms with van der Waals surface area (Å²) < 4.78 is 3.53. The largest absolute Gasteiger partial charge is 0.340 e. The molecule has 2 aromatic heterocycles. The molecule has 1 aliphatic rings. The number of aryl methyl sites for hydroxylation is 3. The molecule has 0 atom stereocenters. The Morgan fingerprint density at radius 2 is 1.76 bits per heavy atom. The number of hydrogen-bond acceptors (Lipinski definition) is 5. The first-order valence-electron chi connectivity index (χ1n) is 11.3. The topological polar surface area (TPSA) is 75.7 Å². The van der Waals surface area contributed by atoms with Crippen molar-refractivity contribution in [2.24, 2.45) is 7.05 Å². The predicted octanol–water partition coefficient (Wildman–Crippen LogP) is 2.08. The van der Waals surface area contributed by atoms with E-state index in [9.17, 15) is 9.59 Å². The molecule has 33 heavy (non-hydrogen) atoms. The lowest BCUT2D eigenvalue weighted by atomic mass is 10.1. The van der Waals surface area contributed by atoms with Crippen molar-refractivity contribution in [3.8, 4) is 0 Å². The van der Waals surface area contributed by atoms with E-state index in [-0.39, 0.29) is 11.5 Å². The van der Waals surface area contributed by atoms with Gasteiger partial charge in [-0.15, -0.1) is 10.2 Å². The zero-order valence-corrected chi connectivity index (χ0v) is 19.3. The van der Waals surface area contributed by atoms with Crippen LogP contribution < -0.4 is 5.56 Å². The van der Waals surface area contributed by atoms with Gasteiger partial charge in [0.1, 0.15) is 0 Å². The molecule has 5 rings (SSSR count). The fraction of sp³-hybridized carbons (Fsp3) is 0.360. The maximum Gasteiger partial charge on any atom is 0.262 e. The van der Waals surface area contributed by atoms with Crippen LogP contribution in [-0.4, -0.2) is 61.1 Å². The minimum absolute atomic E-state index is 0.0686. The molecule has 1 amide bonds. The molecule has 0 aliphatic carbocycles. The van der Waals surface area contributed by atoms with Crippen LogP contribution >= 0.6 is 0 Å². The Bertz CT molecular complexity index is 1410. The van der Waals surface area contributed by atoms with Crippen LogP contribution in [0.4, 0.5) is 0 Å². The monoisotopic (exact) mass is 444 g/mol. The Balaban J connectivity index is 1.33. The van der Waals surface area contributed by atoms with Crippen molar-refractivity contribution >= 4 is 22.6 Å². The van der Waals surface area contributed by atoms with E-state index < -0.39 is 0 Å². The lowest BCUT2D eigenvalue weighted by molar-refractivity contribution is -0.132. The van der Waals surface area contributed by atoms with Crippen LogP contribution in [0.5, 0.6) is 0 Å². The van der Waals surface area contributed by atoms with Gasteiger partial charge in [-0.1, -0.05) is 35.9 Å². The smallest absolute Gasteiger partial charge is 0.262 e. The van der Waals surface area contributed by atoms with Crippen molar-refractivity contribution in [2.45, 2.75) is 26.8 Å². The van der Waals surface area contributed by atoms with E-state index in [0.717, 1.165) is 41.1 Å². The molecule has 1 aliphatic heterocycles. The standard InChI is InChI=1S/C25H28N6O2/c1-17-8-9-21-20(14-17)24(33)28(3)25-27-26-22(31(21)25)16-29-10-12-30(13-11-29)23(32)15-19-7-5-4-6-18(19)2/h4-9,14H,10-13,15-16H2,1-3H3. The molecule has 8 heteroatoms. The minimum atomic E-state index is -0.0686. The Morgan fingerprint density at radius 1 is 1.00 bits per heavy atom. The average Bonchev–Trinajstić information content (AvgIpc) is 3.23. The summed E-state index contributed by atoms with van der Waals surface area (Å²) in [6.45, 7) is 7.58. The Kier molecular flexibility index (Phi) is 5.46. The molecule has 0 spiro atoms. The summed E-state index contributed by atoms with van der Waals surface area (Å²) in [7, 11) is 1.73. The molecule has 170 valence electrons. The lowest BCUT2D eigenvalue weighted by Crippen LogP contribution is -2.48. The number of carbonyl (C=O) groups excluding carboxylic acids is 1. The second-order valence-electron chi connectivity index (χ2n) is 8.90. The van der Waals surface area contributed by atoms with Gasteiger partial charge in [0, 0.05) is 33.2 Å². The molecule has 0 N–H and O–H groups in total. The van der Waals surface area contributed by atoms with E-state index >= 15 is 0 Å². The van der Waals surface area contributed by atoms with Crippen LogP contribution in [0, 0.1) is 13.8 Å². The van der Waals surface area contributed by atoms with Gasteiger partial charge in [0.25, 0.3) is 5.56 Å². The summed E-state index contributed by atoms with van der Waals surface area (Å²) in [4.78, 5) is 29.8. The van der Waals surface area contributed by atoms with Gasteiger partial charge in [-0.2, -0.15) is 0 Å². The molecule has 4 aromatic rings. The number of carbonyl (C=O) groups is 1. The molecule has 0 bridgehead atoms. The summed E-state index contributed by atoms with van der Waals surface area (Å²) in [6, 6.07) is 13.9. The second kappa shape index (κ2) is 8.44. The van der Waals surface area contributed by atoms with Crippen molar-refractivity contribution < 1.29 is 4.79 Å². The number of fused-ring (bicyclic) bond motifs is 3. The van der Waals surface area contributed by atoms with E-state index in [1.807, 2.05) is 65.6 Å². The van der Waals surface area contributed by atoms with Crippen LogP contribution in [0.2, 0.25) is 0 Å². The van der Waals surface area contributed by atoms with Crippen molar-refractivity contribution in [1.82, 2.24) is 29.0 Å². The fourth-order valence-electron chi connectivity index (χ4n) is 4.60. The summed E-state index contributed by atoms with van der Waals surface area (Å²) >= 11 is 0. The molecule has 1 fully saturated rings. The van der Waals surface area contributed by atoms with Crippen molar-refractivity contribution in [3.05, 3.63) is 75.3 Å². The van der Waals surface area contributed by atoms with Crippen molar-refractivity contribution in [3.63, 3.8) is 0 Å². The third kappa shape index (κ3) is 3.91. The number of benzene rings is 2. The zero-order valence-electron chi connectivity index (χ0n) is 19.3. The van der Waals surface area contributed by atoms with Crippen molar-refractivity contribution in [2.75, 3.05) is 26.2 Å². The summed E-state index contributed by atoms with van der Waals surface area (Å²) in [5, 5.41) is 9.38. The normalized spacial score (nSPS) is 14.9. The molecular weight excluding hydrogens is 416 g/mol. The van der Waals surface area contributed by atoms with E-state index in [1.54, 1.807) is 11.6 Å². The second-order valence-corrected chi connectivity index (χ2v) is 8.90. The van der Waals surface area contributed by atoms with Gasteiger partial charge in [-0.3, -0.25) is 23.5 Å². The van der Waals surface area contributed by atoms with E-state index in [1.165, 1.54) is 0 Å². The molecule has 3 heterocycles. The molecule has 0 radical (unpaired) electrons. The van der Waals surface area contributed by atoms with Crippen LogP contribution in [0.15, 0.2) is 47.3 Å². The number of nitrogens with zero attached hydrogens (tertiary/aromatic N) is 6. The van der Waals surface area contributed by atoms with Gasteiger partial charge in [-0.05, 0) is 37.1 Å². The highest BCUT2D eigenvalue weighted by atomic mass is 16.2. The van der Waals surface area contributed by atoms with Crippen LogP contribution in [-0.2, 0) is 24.8 Å². The quantitative estimate of drug-likeness (QED) is 0.482. The average molecular weight is 445 g/mol. The summed E-state index contributed by atoms with van der Waals surface area (Å²) in [5.74, 6) is 1.51. The lowest BCUT2D eigenvalue weighted by Gasteiger charge is -2.34. The van der Waals surface area contributed by atoms with Crippen LogP contribution in [0.1, 0.15) is 22.5 Å². The Labute approximate surface area is 192 Å². The van der Waals surface area contributed by atoms with Gasteiger partial charge < -0.3 is 4.90 Å². The maximum atomic E-state index is 12.8. The molecule has 8 nitrogen and oxygen atoms in total. The van der Waals surface area contributed by atoms with Crippen LogP contribution in [0.25, 0.3) is 16.7 Å². The van der Waals surface area contributed by atoms with Gasteiger partial charge in [0.15, 0.2) is 5.82 Å². The van der Waals surface area contributed by atoms with Crippen LogP contribution in [0.3, 0.4) is 0 Å². The SMILES string of the molecule is Cc1ccc2c(c1)c(=O)n(C)c1nnc(CN3CCN(C(=O)Cc4ccccc4C)CC3)n21. The summed E-state index contributed by atoms with van der Waals surface area (Å²) in [5.41, 5.74) is 4.04. The minimum Gasteiger partial charge on any atom is -0.340 e. The number of amides is 1. The number of hydrogen-bond donors (Lipinski definition) is 0. The third-order valence-electron chi connectivity index (χ3n) is 6.63. The number of aromatic nitrogens is 4.